The van der Waals surface area contributed by atoms with Crippen molar-refractivity contribution < 1.29 is 13.2 Å². The summed E-state index contributed by atoms with van der Waals surface area (Å²) in [5, 5.41) is 3.18. The van der Waals surface area contributed by atoms with Gasteiger partial charge in [-0.1, -0.05) is 33.6 Å². The smallest absolute Gasteiger partial charge is 0.255 e. The van der Waals surface area contributed by atoms with E-state index in [0.29, 0.717) is 16.3 Å². The molecule has 0 aliphatic carbocycles. The van der Waals surface area contributed by atoms with Crippen LogP contribution in [0, 0.1) is 0 Å². The quantitative estimate of drug-likeness (QED) is 0.595. The number of hydrogen-bond donors (Lipinski definition) is 1. The fourth-order valence-corrected chi connectivity index (χ4v) is 4.02. The van der Waals surface area contributed by atoms with E-state index < -0.39 is 9.84 Å². The molecule has 3 rings (SSSR count). The average molecular weight is 451 g/mol. The van der Waals surface area contributed by atoms with Crippen LogP contribution in [0.4, 0.5) is 5.69 Å². The first-order valence-corrected chi connectivity index (χ1v) is 10.2. The van der Waals surface area contributed by atoms with E-state index in [0.717, 1.165) is 4.47 Å². The molecule has 0 saturated carbocycles. The summed E-state index contributed by atoms with van der Waals surface area (Å²) in [4.78, 5) is 12.6. The molecule has 0 fully saturated rings. The molecule has 0 spiro atoms. The van der Waals surface area contributed by atoms with Crippen LogP contribution in [0.2, 0.25) is 5.02 Å². The van der Waals surface area contributed by atoms with E-state index in [4.69, 9.17) is 11.6 Å². The number of sulfone groups is 1. The highest BCUT2D eigenvalue weighted by molar-refractivity contribution is 9.10. The molecule has 0 aromatic heterocycles. The Morgan fingerprint density at radius 3 is 2.04 bits per heavy atom. The molecule has 1 amide bonds. The van der Waals surface area contributed by atoms with Crippen LogP contribution in [-0.4, -0.2) is 14.3 Å². The van der Waals surface area contributed by atoms with Gasteiger partial charge >= 0.3 is 0 Å². The Kier molecular flexibility index (Phi) is 5.46. The molecule has 0 bridgehead atoms. The van der Waals surface area contributed by atoms with Gasteiger partial charge in [0.2, 0.25) is 9.84 Å². The van der Waals surface area contributed by atoms with Crippen LogP contribution >= 0.6 is 27.5 Å². The number of halogens is 2. The lowest BCUT2D eigenvalue weighted by Gasteiger charge is -2.08. The molecule has 3 aromatic carbocycles. The van der Waals surface area contributed by atoms with Crippen molar-refractivity contribution in [3.8, 4) is 0 Å². The van der Waals surface area contributed by atoms with E-state index in [9.17, 15) is 13.2 Å². The minimum absolute atomic E-state index is 0.153. The molecule has 132 valence electrons. The lowest BCUT2D eigenvalue weighted by molar-refractivity contribution is 0.102. The van der Waals surface area contributed by atoms with Crippen LogP contribution in [-0.2, 0) is 9.84 Å². The zero-order valence-electron chi connectivity index (χ0n) is 13.3. The molecular weight excluding hydrogens is 438 g/mol. The van der Waals surface area contributed by atoms with Crippen LogP contribution in [0.25, 0.3) is 0 Å². The number of rotatable bonds is 4. The van der Waals surface area contributed by atoms with Crippen LogP contribution < -0.4 is 5.32 Å². The first kappa shape index (κ1) is 18.6. The molecule has 7 heteroatoms. The molecule has 1 N–H and O–H groups in total. The fraction of sp³-hybridized carbons (Fsp3) is 0. The van der Waals surface area contributed by atoms with Crippen molar-refractivity contribution in [3.63, 3.8) is 0 Å². The SMILES string of the molecule is O=C(Nc1ccc(S(=O)(=O)c2ccc(Br)cc2)cc1)c1cccc(Cl)c1. The Morgan fingerprint density at radius 2 is 1.46 bits per heavy atom. The molecule has 3 aromatic rings. The van der Waals surface area contributed by atoms with E-state index in [-0.39, 0.29) is 15.7 Å². The zero-order chi connectivity index (χ0) is 18.7. The predicted molar refractivity (Wildman–Crippen MR) is 105 cm³/mol. The van der Waals surface area contributed by atoms with Gasteiger partial charge in [-0.2, -0.15) is 0 Å². The van der Waals surface area contributed by atoms with Gasteiger partial charge in [-0.3, -0.25) is 4.79 Å². The highest BCUT2D eigenvalue weighted by Crippen LogP contribution is 2.24. The van der Waals surface area contributed by atoms with Gasteiger partial charge in [0.15, 0.2) is 0 Å². The Balaban J connectivity index is 1.80. The van der Waals surface area contributed by atoms with Crippen molar-refractivity contribution in [2.24, 2.45) is 0 Å². The molecule has 0 aliphatic heterocycles. The Bertz CT molecular complexity index is 1050. The van der Waals surface area contributed by atoms with E-state index in [2.05, 4.69) is 21.2 Å². The second-order valence-corrected chi connectivity index (χ2v) is 8.75. The zero-order valence-corrected chi connectivity index (χ0v) is 16.5. The number of carbonyl (C=O) groups is 1. The largest absolute Gasteiger partial charge is 0.322 e. The number of hydrogen-bond acceptors (Lipinski definition) is 3. The highest BCUT2D eigenvalue weighted by Gasteiger charge is 2.17. The van der Waals surface area contributed by atoms with E-state index in [1.807, 2.05) is 0 Å². The summed E-state index contributed by atoms with van der Waals surface area (Å²) in [6.45, 7) is 0. The molecule has 0 aliphatic rings. The maximum Gasteiger partial charge on any atom is 0.255 e. The van der Waals surface area contributed by atoms with Gasteiger partial charge in [0.25, 0.3) is 5.91 Å². The van der Waals surface area contributed by atoms with Gasteiger partial charge in [0.1, 0.15) is 0 Å². The van der Waals surface area contributed by atoms with Crippen molar-refractivity contribution >= 4 is 49.0 Å². The van der Waals surface area contributed by atoms with Crippen LogP contribution in [0.1, 0.15) is 10.4 Å². The molecule has 4 nitrogen and oxygen atoms in total. The molecule has 0 radical (unpaired) electrons. The Hall–Kier alpha value is -2.15. The van der Waals surface area contributed by atoms with Crippen molar-refractivity contribution in [1.29, 1.82) is 0 Å². The van der Waals surface area contributed by atoms with Gasteiger partial charge in [-0.25, -0.2) is 8.42 Å². The summed E-state index contributed by atoms with van der Waals surface area (Å²) in [5.74, 6) is -0.323. The lowest BCUT2D eigenvalue weighted by atomic mass is 10.2. The predicted octanol–water partition coefficient (Wildman–Crippen LogP) is 5.19. The first-order valence-electron chi connectivity index (χ1n) is 7.54. The summed E-state index contributed by atoms with van der Waals surface area (Å²) >= 11 is 9.16. The number of carbonyl (C=O) groups excluding carboxylic acids is 1. The second-order valence-electron chi connectivity index (χ2n) is 5.45. The Labute approximate surface area is 164 Å². The van der Waals surface area contributed by atoms with Gasteiger partial charge in [0.05, 0.1) is 9.79 Å². The van der Waals surface area contributed by atoms with Gasteiger partial charge in [0, 0.05) is 20.7 Å². The number of nitrogens with one attached hydrogen (secondary N) is 1. The summed E-state index contributed by atoms with van der Waals surface area (Å²) in [6.07, 6.45) is 0. The normalized spacial score (nSPS) is 11.2. The topological polar surface area (TPSA) is 63.2 Å². The number of anilines is 1. The maximum absolute atomic E-state index is 12.6. The van der Waals surface area contributed by atoms with Crippen LogP contribution in [0.15, 0.2) is 87.1 Å². The summed E-state index contributed by atoms with van der Waals surface area (Å²) in [6, 6.07) is 19.0. The lowest BCUT2D eigenvalue weighted by Crippen LogP contribution is -2.12. The van der Waals surface area contributed by atoms with Gasteiger partial charge < -0.3 is 5.32 Å². The van der Waals surface area contributed by atoms with E-state index in [1.54, 1.807) is 48.5 Å². The van der Waals surface area contributed by atoms with Crippen molar-refractivity contribution in [1.82, 2.24) is 0 Å². The Morgan fingerprint density at radius 1 is 0.885 bits per heavy atom. The molecule has 0 saturated heterocycles. The highest BCUT2D eigenvalue weighted by atomic mass is 79.9. The molecule has 0 atom stereocenters. The van der Waals surface area contributed by atoms with Crippen molar-refractivity contribution in [2.75, 3.05) is 5.32 Å². The standard InChI is InChI=1S/C19H13BrClNO3S/c20-14-4-8-17(9-5-14)26(24,25)18-10-6-16(7-11-18)22-19(23)13-2-1-3-15(21)12-13/h1-12H,(H,22,23). The monoisotopic (exact) mass is 449 g/mol. The van der Waals surface area contributed by atoms with Crippen molar-refractivity contribution in [2.45, 2.75) is 9.79 Å². The maximum atomic E-state index is 12.6. The van der Waals surface area contributed by atoms with E-state index in [1.165, 1.54) is 24.3 Å². The van der Waals surface area contributed by atoms with Gasteiger partial charge in [-0.15, -0.1) is 0 Å². The number of benzene rings is 3. The fourth-order valence-electron chi connectivity index (χ4n) is 2.30. The molecule has 26 heavy (non-hydrogen) atoms. The average Bonchev–Trinajstić information content (AvgIpc) is 2.62. The molecule has 0 heterocycles. The summed E-state index contributed by atoms with van der Waals surface area (Å²) in [5.41, 5.74) is 0.911. The minimum Gasteiger partial charge on any atom is -0.322 e. The third kappa shape index (κ3) is 4.15. The molecular formula is C19H13BrClNO3S. The summed E-state index contributed by atoms with van der Waals surface area (Å²) < 4.78 is 26.0. The van der Waals surface area contributed by atoms with E-state index >= 15 is 0 Å². The summed E-state index contributed by atoms with van der Waals surface area (Å²) in [7, 11) is -3.61. The number of amides is 1. The third-order valence-electron chi connectivity index (χ3n) is 3.63. The van der Waals surface area contributed by atoms with Crippen LogP contribution in [0.5, 0.6) is 0 Å². The second kappa shape index (κ2) is 7.61. The van der Waals surface area contributed by atoms with Gasteiger partial charge in [-0.05, 0) is 66.7 Å². The molecule has 0 unspecified atom stereocenters. The first-order chi connectivity index (χ1) is 12.4. The third-order valence-corrected chi connectivity index (χ3v) is 6.18. The van der Waals surface area contributed by atoms with Crippen molar-refractivity contribution in [3.05, 3.63) is 87.9 Å². The minimum atomic E-state index is -3.61. The van der Waals surface area contributed by atoms with Crippen LogP contribution in [0.3, 0.4) is 0 Å².